The second-order valence-electron chi connectivity index (χ2n) is 5.03. The van der Waals surface area contributed by atoms with E-state index in [2.05, 4.69) is 0 Å². The van der Waals surface area contributed by atoms with Crippen molar-refractivity contribution in [2.45, 2.75) is 32.6 Å². The lowest BCUT2D eigenvalue weighted by atomic mass is 10.1. The highest BCUT2D eigenvalue weighted by Crippen LogP contribution is 2.18. The summed E-state index contributed by atoms with van der Waals surface area (Å²) in [6, 6.07) is 8.75. The molecule has 0 aliphatic carbocycles. The molecule has 0 heterocycles. The number of rotatable bonds is 5. The van der Waals surface area contributed by atoms with Crippen LogP contribution in [-0.2, 0) is 15.8 Å². The summed E-state index contributed by atoms with van der Waals surface area (Å²) in [6.07, 6.45) is 0. The van der Waals surface area contributed by atoms with Gasteiger partial charge < -0.3 is 0 Å². The Labute approximate surface area is 115 Å². The first kappa shape index (κ1) is 15.7. The molecule has 0 aliphatic heterocycles. The van der Waals surface area contributed by atoms with E-state index in [1.807, 2.05) is 26.8 Å². The average Bonchev–Trinajstić information content (AvgIpc) is 2.37. The van der Waals surface area contributed by atoms with Gasteiger partial charge in [0.25, 0.3) is 0 Å². The molecule has 0 saturated heterocycles. The Bertz CT molecular complexity index is 573. The third kappa shape index (κ3) is 3.79. The highest BCUT2D eigenvalue weighted by atomic mass is 32.2. The summed E-state index contributed by atoms with van der Waals surface area (Å²) in [5, 5.41) is 8.99. The van der Waals surface area contributed by atoms with Crippen LogP contribution in [0.3, 0.4) is 0 Å². The van der Waals surface area contributed by atoms with Gasteiger partial charge in [0, 0.05) is 13.1 Å². The van der Waals surface area contributed by atoms with Crippen molar-refractivity contribution in [3.63, 3.8) is 0 Å². The first-order valence-corrected chi connectivity index (χ1v) is 7.84. The molecule has 0 fully saturated rings. The van der Waals surface area contributed by atoms with Crippen molar-refractivity contribution < 1.29 is 8.42 Å². The van der Waals surface area contributed by atoms with Gasteiger partial charge in [0.1, 0.15) is 0 Å². The molecule has 0 aromatic heterocycles. The van der Waals surface area contributed by atoms with Crippen molar-refractivity contribution >= 4 is 10.0 Å². The van der Waals surface area contributed by atoms with Crippen molar-refractivity contribution in [3.05, 3.63) is 35.4 Å². The topological polar surface area (TPSA) is 61.2 Å². The molecular formula is C14H20N2O2S. The van der Waals surface area contributed by atoms with Crippen LogP contribution in [0, 0.1) is 17.2 Å². The van der Waals surface area contributed by atoms with Gasteiger partial charge in [-0.05, 0) is 24.5 Å². The Morgan fingerprint density at radius 1 is 1.26 bits per heavy atom. The predicted molar refractivity (Wildman–Crippen MR) is 75.8 cm³/mol. The third-order valence-electron chi connectivity index (χ3n) is 3.45. The van der Waals surface area contributed by atoms with E-state index in [0.29, 0.717) is 11.1 Å². The molecule has 5 heteroatoms. The van der Waals surface area contributed by atoms with E-state index < -0.39 is 10.0 Å². The van der Waals surface area contributed by atoms with Gasteiger partial charge >= 0.3 is 0 Å². The van der Waals surface area contributed by atoms with E-state index in [0.717, 1.165) is 0 Å². The number of nitriles is 1. The summed E-state index contributed by atoms with van der Waals surface area (Å²) in [6.45, 7) is 5.86. The quantitative estimate of drug-likeness (QED) is 0.832. The molecule has 1 rings (SSSR count). The lowest BCUT2D eigenvalue weighted by molar-refractivity contribution is 0.315. The van der Waals surface area contributed by atoms with Gasteiger partial charge in [-0.2, -0.15) is 5.26 Å². The highest BCUT2D eigenvalue weighted by molar-refractivity contribution is 7.88. The Morgan fingerprint density at radius 2 is 1.84 bits per heavy atom. The van der Waals surface area contributed by atoms with Crippen LogP contribution in [0.15, 0.2) is 24.3 Å². The molecule has 4 nitrogen and oxygen atoms in total. The minimum Gasteiger partial charge on any atom is -0.212 e. The van der Waals surface area contributed by atoms with Crippen LogP contribution in [0.1, 0.15) is 31.9 Å². The van der Waals surface area contributed by atoms with Crippen LogP contribution in [0.5, 0.6) is 0 Å². The van der Waals surface area contributed by atoms with Crippen LogP contribution in [0.4, 0.5) is 0 Å². The zero-order valence-corrected chi connectivity index (χ0v) is 12.6. The molecule has 1 aromatic rings. The molecule has 0 bridgehead atoms. The average molecular weight is 280 g/mol. The SMILES string of the molecule is CC(C)C(C)N(C)S(=O)(=O)Cc1ccccc1C#N. The third-order valence-corrected chi connectivity index (χ3v) is 5.34. The van der Waals surface area contributed by atoms with E-state index in [1.54, 1.807) is 31.3 Å². The zero-order valence-electron chi connectivity index (χ0n) is 11.8. The lowest BCUT2D eigenvalue weighted by Crippen LogP contribution is -2.39. The molecule has 0 spiro atoms. The fraction of sp³-hybridized carbons (Fsp3) is 0.500. The Balaban J connectivity index is 3.01. The van der Waals surface area contributed by atoms with Crippen LogP contribution in [0.25, 0.3) is 0 Å². The number of sulfonamides is 1. The molecule has 1 atom stereocenters. The van der Waals surface area contributed by atoms with E-state index in [9.17, 15) is 8.42 Å². The van der Waals surface area contributed by atoms with Gasteiger partial charge in [0.05, 0.1) is 17.4 Å². The fourth-order valence-corrected chi connectivity index (χ4v) is 3.33. The van der Waals surface area contributed by atoms with Crippen LogP contribution in [0.2, 0.25) is 0 Å². The van der Waals surface area contributed by atoms with Crippen molar-refractivity contribution in [3.8, 4) is 6.07 Å². The second-order valence-corrected chi connectivity index (χ2v) is 7.05. The second kappa shape index (κ2) is 6.18. The lowest BCUT2D eigenvalue weighted by Gasteiger charge is -2.27. The molecule has 1 aromatic carbocycles. The maximum absolute atomic E-state index is 12.3. The first-order chi connectivity index (χ1) is 8.79. The summed E-state index contributed by atoms with van der Waals surface area (Å²) in [5.41, 5.74) is 0.962. The monoisotopic (exact) mass is 280 g/mol. The summed E-state index contributed by atoms with van der Waals surface area (Å²) < 4.78 is 26.1. The van der Waals surface area contributed by atoms with Gasteiger partial charge in [-0.25, -0.2) is 12.7 Å². The molecule has 0 saturated carbocycles. The number of benzene rings is 1. The zero-order chi connectivity index (χ0) is 14.6. The Kier molecular flexibility index (Phi) is 5.10. The highest BCUT2D eigenvalue weighted by Gasteiger charge is 2.26. The van der Waals surface area contributed by atoms with E-state index in [-0.39, 0.29) is 17.7 Å². The van der Waals surface area contributed by atoms with Crippen molar-refractivity contribution in [2.24, 2.45) is 5.92 Å². The standard InChI is InChI=1S/C14H20N2O2S/c1-11(2)12(3)16(4)19(17,18)10-14-8-6-5-7-13(14)9-15/h5-8,11-12H,10H2,1-4H3. The van der Waals surface area contributed by atoms with Gasteiger partial charge in [0.15, 0.2) is 0 Å². The minimum atomic E-state index is -3.41. The number of nitrogens with zero attached hydrogens (tertiary/aromatic N) is 2. The Hall–Kier alpha value is -1.38. The van der Waals surface area contributed by atoms with Gasteiger partial charge in [-0.3, -0.25) is 0 Å². The maximum Gasteiger partial charge on any atom is 0.218 e. The van der Waals surface area contributed by atoms with E-state index >= 15 is 0 Å². The van der Waals surface area contributed by atoms with E-state index in [4.69, 9.17) is 5.26 Å². The summed E-state index contributed by atoms with van der Waals surface area (Å²) >= 11 is 0. The summed E-state index contributed by atoms with van der Waals surface area (Å²) in [5.74, 6) is 0.107. The van der Waals surface area contributed by atoms with Crippen LogP contribution in [-0.4, -0.2) is 25.8 Å². The summed E-state index contributed by atoms with van der Waals surface area (Å²) in [7, 11) is -1.82. The molecule has 0 radical (unpaired) electrons. The van der Waals surface area contributed by atoms with E-state index in [1.165, 1.54) is 4.31 Å². The van der Waals surface area contributed by atoms with Gasteiger partial charge in [-0.1, -0.05) is 32.0 Å². The van der Waals surface area contributed by atoms with Crippen molar-refractivity contribution in [2.75, 3.05) is 7.05 Å². The molecule has 104 valence electrons. The first-order valence-electron chi connectivity index (χ1n) is 6.23. The largest absolute Gasteiger partial charge is 0.218 e. The number of hydrogen-bond donors (Lipinski definition) is 0. The van der Waals surface area contributed by atoms with Crippen molar-refractivity contribution in [1.29, 1.82) is 5.26 Å². The fourth-order valence-electron chi connectivity index (χ4n) is 1.73. The summed E-state index contributed by atoms with van der Waals surface area (Å²) in [4.78, 5) is 0. The van der Waals surface area contributed by atoms with Gasteiger partial charge in [0.2, 0.25) is 10.0 Å². The molecule has 0 N–H and O–H groups in total. The molecule has 0 aliphatic rings. The normalized spacial score (nSPS) is 13.5. The van der Waals surface area contributed by atoms with Crippen molar-refractivity contribution in [1.82, 2.24) is 4.31 Å². The molecule has 0 amide bonds. The van der Waals surface area contributed by atoms with Gasteiger partial charge in [-0.15, -0.1) is 0 Å². The number of hydrogen-bond acceptors (Lipinski definition) is 3. The molecule has 19 heavy (non-hydrogen) atoms. The smallest absolute Gasteiger partial charge is 0.212 e. The van der Waals surface area contributed by atoms with Crippen LogP contribution >= 0.6 is 0 Å². The predicted octanol–water partition coefficient (Wildman–Crippen LogP) is 2.36. The molecular weight excluding hydrogens is 260 g/mol. The maximum atomic E-state index is 12.3. The van der Waals surface area contributed by atoms with Crippen LogP contribution < -0.4 is 0 Å². The Morgan fingerprint density at radius 3 is 2.37 bits per heavy atom. The molecule has 1 unspecified atom stereocenters. The minimum absolute atomic E-state index is 0.0701.